The minimum absolute atomic E-state index is 0.0340. The molecule has 3 heterocycles. The first kappa shape index (κ1) is 35.9. The van der Waals surface area contributed by atoms with Crippen LogP contribution < -0.4 is 11.1 Å². The van der Waals surface area contributed by atoms with Crippen molar-refractivity contribution in [3.63, 3.8) is 0 Å². The highest BCUT2D eigenvalue weighted by molar-refractivity contribution is 6.33. The van der Waals surface area contributed by atoms with Crippen LogP contribution in [0.5, 0.6) is 0 Å². The predicted octanol–water partition coefficient (Wildman–Crippen LogP) is 5.76. The van der Waals surface area contributed by atoms with Gasteiger partial charge in [0.15, 0.2) is 6.29 Å². The molecular weight excluding hydrogens is 661 g/mol. The van der Waals surface area contributed by atoms with Crippen molar-refractivity contribution in [3.05, 3.63) is 58.1 Å². The summed E-state index contributed by atoms with van der Waals surface area (Å²) < 4.78 is 52.8. The van der Waals surface area contributed by atoms with E-state index in [1.807, 2.05) is 18.2 Å². The number of aliphatic hydroxyl groups is 1. The highest BCUT2D eigenvalue weighted by Crippen LogP contribution is 2.49. The number of amides is 2. The maximum absolute atomic E-state index is 13.9. The van der Waals surface area contributed by atoms with Crippen LogP contribution in [0.25, 0.3) is 0 Å². The third kappa shape index (κ3) is 8.36. The molecule has 2 aromatic rings. The van der Waals surface area contributed by atoms with Gasteiger partial charge in [-0.2, -0.15) is 13.2 Å². The maximum atomic E-state index is 13.9. The largest absolute Gasteiger partial charge is 0.418 e. The van der Waals surface area contributed by atoms with Crippen LogP contribution in [-0.2, 0) is 37.1 Å². The smallest absolute Gasteiger partial charge is 0.397 e. The highest BCUT2D eigenvalue weighted by Gasteiger charge is 2.43. The van der Waals surface area contributed by atoms with Gasteiger partial charge >= 0.3 is 6.18 Å². The average Bonchev–Trinajstić information content (AvgIpc) is 3.09. The van der Waals surface area contributed by atoms with Crippen LogP contribution in [0.1, 0.15) is 74.5 Å². The molecule has 0 radical (unpaired) electrons. The number of hydrogen-bond donors (Lipinski definition) is 3. The summed E-state index contributed by atoms with van der Waals surface area (Å²) >= 11 is 6.11. The fraction of sp³-hybridized carbons (Fsp3) is 0.611. The zero-order valence-electron chi connectivity index (χ0n) is 27.7. The van der Waals surface area contributed by atoms with Crippen molar-refractivity contribution in [2.24, 2.45) is 5.92 Å². The van der Waals surface area contributed by atoms with E-state index in [9.17, 15) is 27.9 Å². The Hall–Kier alpha value is -2.90. The molecule has 4 aliphatic rings. The molecule has 0 bridgehead atoms. The first-order valence-electron chi connectivity index (χ1n) is 17.4. The van der Waals surface area contributed by atoms with Crippen molar-refractivity contribution in [2.75, 3.05) is 50.4 Å². The Balaban J connectivity index is 1.10. The molecule has 1 saturated carbocycles. The summed E-state index contributed by atoms with van der Waals surface area (Å²) in [6, 6.07) is 10.5. The summed E-state index contributed by atoms with van der Waals surface area (Å²) in [6.45, 7) is 4.03. The summed E-state index contributed by atoms with van der Waals surface area (Å²) in [5.74, 6) is -0.0266. The van der Waals surface area contributed by atoms with Crippen LogP contribution >= 0.6 is 11.6 Å². The molecule has 6 rings (SSSR count). The van der Waals surface area contributed by atoms with Gasteiger partial charge in [-0.1, -0.05) is 29.8 Å². The summed E-state index contributed by atoms with van der Waals surface area (Å²) in [7, 11) is 0. The molecule has 13 heteroatoms. The van der Waals surface area contributed by atoms with Gasteiger partial charge in [0.05, 0.1) is 29.5 Å². The molecule has 0 aromatic heterocycles. The summed E-state index contributed by atoms with van der Waals surface area (Å²) in [6.07, 6.45) is -1.01. The number of alkyl halides is 3. The van der Waals surface area contributed by atoms with E-state index in [-0.39, 0.29) is 40.7 Å². The van der Waals surface area contributed by atoms with Gasteiger partial charge in [0.2, 0.25) is 5.91 Å². The maximum Gasteiger partial charge on any atom is 0.418 e. The Morgan fingerprint density at radius 2 is 1.80 bits per heavy atom. The van der Waals surface area contributed by atoms with Gasteiger partial charge in [0.25, 0.3) is 5.91 Å². The lowest BCUT2D eigenvalue weighted by Gasteiger charge is -2.44. The molecule has 2 saturated heterocycles. The molecule has 1 spiro atoms. The lowest BCUT2D eigenvalue weighted by molar-refractivity contribution is -0.172. The van der Waals surface area contributed by atoms with Gasteiger partial charge in [-0.25, -0.2) is 0 Å². The molecule has 268 valence electrons. The zero-order valence-corrected chi connectivity index (χ0v) is 28.4. The molecule has 9 nitrogen and oxygen atoms in total. The van der Waals surface area contributed by atoms with E-state index < -0.39 is 29.8 Å². The molecule has 4 N–H and O–H groups in total. The van der Waals surface area contributed by atoms with Gasteiger partial charge in [-0.05, 0) is 86.6 Å². The fourth-order valence-corrected chi connectivity index (χ4v) is 8.53. The number of fused-ring (bicyclic) bond motifs is 2. The molecule has 1 unspecified atom stereocenters. The van der Waals surface area contributed by atoms with Crippen molar-refractivity contribution in [3.8, 4) is 0 Å². The van der Waals surface area contributed by atoms with Gasteiger partial charge in [-0.3, -0.25) is 14.5 Å². The topological polar surface area (TPSA) is 117 Å². The van der Waals surface area contributed by atoms with E-state index >= 15 is 0 Å². The minimum Gasteiger partial charge on any atom is -0.397 e. The SMILES string of the molecule is Nc1c(Cl)cc(C[C@@H](OC(O)CCC2CCC3(CC2)CC(=O)Nc2ccccc23)C(=O)N2CCC(N3CCOCC3)CC2)cc1C(F)(F)F. The molecule has 3 aliphatic heterocycles. The van der Waals surface area contributed by atoms with E-state index in [1.54, 1.807) is 4.90 Å². The highest BCUT2D eigenvalue weighted by atomic mass is 35.5. The number of carbonyl (C=O) groups excluding carboxylic acids is 2. The van der Waals surface area contributed by atoms with Crippen molar-refractivity contribution in [1.29, 1.82) is 0 Å². The van der Waals surface area contributed by atoms with E-state index in [4.69, 9.17) is 26.8 Å². The van der Waals surface area contributed by atoms with Gasteiger partial charge in [-0.15, -0.1) is 0 Å². The van der Waals surface area contributed by atoms with Crippen molar-refractivity contribution in [2.45, 2.75) is 94.2 Å². The van der Waals surface area contributed by atoms with E-state index in [0.717, 1.165) is 63.4 Å². The van der Waals surface area contributed by atoms with Crippen LogP contribution in [0.3, 0.4) is 0 Å². The number of morpholine rings is 1. The lowest BCUT2D eigenvalue weighted by Crippen LogP contribution is -2.52. The zero-order chi connectivity index (χ0) is 34.8. The minimum atomic E-state index is -4.73. The second kappa shape index (κ2) is 15.1. The van der Waals surface area contributed by atoms with Crippen LogP contribution in [0.2, 0.25) is 5.02 Å². The number of halogens is 4. The summed E-state index contributed by atoms with van der Waals surface area (Å²) in [5, 5.41) is 13.8. The Morgan fingerprint density at radius 1 is 1.10 bits per heavy atom. The number of piperidine rings is 1. The number of nitrogen functional groups attached to an aromatic ring is 1. The molecule has 3 fully saturated rings. The number of para-hydroxylation sites is 1. The van der Waals surface area contributed by atoms with Crippen LogP contribution in [0.4, 0.5) is 24.5 Å². The molecule has 49 heavy (non-hydrogen) atoms. The third-order valence-electron chi connectivity index (χ3n) is 11.0. The quantitative estimate of drug-likeness (QED) is 0.224. The average molecular weight is 707 g/mol. The van der Waals surface area contributed by atoms with Crippen LogP contribution in [-0.4, -0.2) is 84.5 Å². The second-order valence-corrected chi connectivity index (χ2v) is 14.5. The number of ether oxygens (including phenoxy) is 2. The van der Waals surface area contributed by atoms with Gasteiger partial charge in [0.1, 0.15) is 6.10 Å². The van der Waals surface area contributed by atoms with E-state index in [1.165, 1.54) is 11.6 Å². The molecule has 1 aliphatic carbocycles. The number of hydrogen-bond acceptors (Lipinski definition) is 7. The number of aliphatic hydroxyl groups excluding tert-OH is 1. The number of nitrogens with one attached hydrogen (secondary N) is 1. The van der Waals surface area contributed by atoms with Crippen LogP contribution in [0, 0.1) is 5.92 Å². The first-order chi connectivity index (χ1) is 23.4. The first-order valence-corrected chi connectivity index (χ1v) is 17.8. The van der Waals surface area contributed by atoms with Crippen molar-refractivity contribution >= 4 is 34.8 Å². The fourth-order valence-electron chi connectivity index (χ4n) is 8.28. The number of nitrogens with two attached hydrogens (primary N) is 1. The summed E-state index contributed by atoms with van der Waals surface area (Å²) in [4.78, 5) is 30.5. The standard InChI is InChI=1S/C36H46ClF3N4O5/c37-28-20-24(19-27(33(28)41)36(38,39)40)21-30(34(47)44-13-9-25(10-14-44)43-15-17-48-18-16-43)49-32(46)6-5-23-7-11-35(12-8-23)22-31(45)42-29-4-2-1-3-26(29)35/h1-4,19-20,23,25,30,32,46H,5-18,21-22,41H2,(H,42,45)/t23?,30-,32?,35?/m1/s1. The van der Waals surface area contributed by atoms with Crippen molar-refractivity contribution < 1.29 is 37.3 Å². The van der Waals surface area contributed by atoms with E-state index in [0.29, 0.717) is 51.1 Å². The number of benzene rings is 2. The van der Waals surface area contributed by atoms with Gasteiger partial charge < -0.3 is 30.5 Å². The third-order valence-corrected chi connectivity index (χ3v) is 11.3. The number of likely N-dealkylation sites (tertiary alicyclic amines) is 1. The lowest BCUT2D eigenvalue weighted by atomic mass is 9.63. The monoisotopic (exact) mass is 706 g/mol. The second-order valence-electron chi connectivity index (χ2n) is 14.1. The van der Waals surface area contributed by atoms with Gasteiger partial charge in [0, 0.05) is 56.2 Å². The number of carbonyl (C=O) groups is 2. The summed E-state index contributed by atoms with van der Waals surface area (Å²) in [5.41, 5.74) is 6.04. The Labute approximate surface area is 290 Å². The normalized spacial score (nSPS) is 25.1. The molecule has 2 amide bonds. The molecular formula is C36H46ClF3N4O5. The Bertz CT molecular complexity index is 1490. The Morgan fingerprint density at radius 3 is 2.49 bits per heavy atom. The number of anilines is 2. The van der Waals surface area contributed by atoms with Crippen LogP contribution in [0.15, 0.2) is 36.4 Å². The predicted molar refractivity (Wildman–Crippen MR) is 180 cm³/mol. The van der Waals surface area contributed by atoms with E-state index in [2.05, 4.69) is 16.3 Å². The number of nitrogens with zero attached hydrogens (tertiary/aromatic N) is 2. The molecule has 2 aromatic carbocycles. The molecule has 2 atom stereocenters. The Kier molecular flexibility index (Phi) is 11.1. The van der Waals surface area contributed by atoms with Crippen molar-refractivity contribution in [1.82, 2.24) is 9.80 Å². The number of rotatable bonds is 9.